The van der Waals surface area contributed by atoms with Crippen molar-refractivity contribution in [3.05, 3.63) is 41.5 Å². The first-order valence-corrected chi connectivity index (χ1v) is 5.38. The first-order chi connectivity index (χ1) is 7.68. The van der Waals surface area contributed by atoms with Gasteiger partial charge in [-0.1, -0.05) is 18.2 Å². The third-order valence-corrected chi connectivity index (χ3v) is 3.28. The van der Waals surface area contributed by atoms with E-state index < -0.39 is 0 Å². The Morgan fingerprint density at radius 2 is 1.88 bits per heavy atom. The molecule has 0 atom stereocenters. The van der Waals surface area contributed by atoms with Crippen molar-refractivity contribution in [1.29, 1.82) is 0 Å². The summed E-state index contributed by atoms with van der Waals surface area (Å²) in [5, 5.41) is 12.3. The summed E-state index contributed by atoms with van der Waals surface area (Å²) in [5.41, 5.74) is 4.26. The van der Waals surface area contributed by atoms with Crippen LogP contribution < -0.4 is 0 Å². The standard InChI is InChI=1S/C14H13NO/c1-8-7-12(16)14-13(9(8)2)10-5-3-4-6-11(10)15-14/h3-7,15-16H,1-2H3. The Morgan fingerprint density at radius 3 is 2.69 bits per heavy atom. The topological polar surface area (TPSA) is 36.0 Å². The van der Waals surface area contributed by atoms with Crippen molar-refractivity contribution in [2.24, 2.45) is 0 Å². The summed E-state index contributed by atoms with van der Waals surface area (Å²) in [5.74, 6) is 0.328. The van der Waals surface area contributed by atoms with E-state index in [0.717, 1.165) is 22.0 Å². The SMILES string of the molecule is Cc1cc(O)c2[nH]c3ccccc3c2c1C. The van der Waals surface area contributed by atoms with Crippen molar-refractivity contribution in [1.82, 2.24) is 4.98 Å². The second kappa shape index (κ2) is 3.01. The molecule has 0 unspecified atom stereocenters. The fraction of sp³-hybridized carbons (Fsp3) is 0.143. The van der Waals surface area contributed by atoms with E-state index in [9.17, 15) is 5.11 Å². The molecule has 0 saturated carbocycles. The first-order valence-electron chi connectivity index (χ1n) is 5.38. The molecule has 2 N–H and O–H groups in total. The molecular weight excluding hydrogens is 198 g/mol. The van der Waals surface area contributed by atoms with Crippen LogP contribution in [0.2, 0.25) is 0 Å². The minimum absolute atomic E-state index is 0.328. The van der Waals surface area contributed by atoms with E-state index in [1.54, 1.807) is 0 Å². The molecule has 16 heavy (non-hydrogen) atoms. The van der Waals surface area contributed by atoms with E-state index in [-0.39, 0.29) is 0 Å². The maximum atomic E-state index is 9.95. The molecule has 0 saturated heterocycles. The summed E-state index contributed by atoms with van der Waals surface area (Å²) < 4.78 is 0. The number of phenols is 1. The molecule has 0 aliphatic carbocycles. The summed E-state index contributed by atoms with van der Waals surface area (Å²) in [6.07, 6.45) is 0. The Labute approximate surface area is 93.5 Å². The number of aromatic hydroxyl groups is 1. The number of para-hydroxylation sites is 1. The molecule has 1 aromatic heterocycles. The van der Waals surface area contributed by atoms with E-state index in [0.29, 0.717) is 5.75 Å². The van der Waals surface area contributed by atoms with Crippen LogP contribution in [-0.4, -0.2) is 10.1 Å². The average molecular weight is 211 g/mol. The lowest BCUT2D eigenvalue weighted by Crippen LogP contribution is -1.82. The van der Waals surface area contributed by atoms with Gasteiger partial charge in [-0.3, -0.25) is 0 Å². The lowest BCUT2D eigenvalue weighted by Gasteiger charge is -2.04. The fourth-order valence-corrected chi connectivity index (χ4v) is 2.31. The van der Waals surface area contributed by atoms with Gasteiger partial charge >= 0.3 is 0 Å². The number of benzene rings is 2. The number of H-pyrrole nitrogens is 1. The minimum Gasteiger partial charge on any atom is -0.506 e. The molecule has 0 aliphatic heterocycles. The third-order valence-electron chi connectivity index (χ3n) is 3.28. The molecule has 3 aromatic rings. The lowest BCUT2D eigenvalue weighted by molar-refractivity contribution is 0.480. The summed E-state index contributed by atoms with van der Waals surface area (Å²) >= 11 is 0. The van der Waals surface area contributed by atoms with E-state index >= 15 is 0 Å². The minimum atomic E-state index is 0.328. The number of aromatic amines is 1. The van der Waals surface area contributed by atoms with E-state index in [2.05, 4.69) is 18.0 Å². The van der Waals surface area contributed by atoms with Crippen LogP contribution in [0.3, 0.4) is 0 Å². The van der Waals surface area contributed by atoms with Crippen LogP contribution in [0.5, 0.6) is 5.75 Å². The summed E-state index contributed by atoms with van der Waals surface area (Å²) in [6, 6.07) is 9.95. The van der Waals surface area contributed by atoms with Crippen molar-refractivity contribution in [3.8, 4) is 5.75 Å². The van der Waals surface area contributed by atoms with Gasteiger partial charge < -0.3 is 10.1 Å². The van der Waals surface area contributed by atoms with Crippen LogP contribution in [0.1, 0.15) is 11.1 Å². The van der Waals surface area contributed by atoms with E-state index in [1.165, 1.54) is 10.9 Å². The zero-order valence-corrected chi connectivity index (χ0v) is 9.33. The van der Waals surface area contributed by atoms with Gasteiger partial charge in [-0.15, -0.1) is 0 Å². The Morgan fingerprint density at radius 1 is 1.12 bits per heavy atom. The maximum Gasteiger partial charge on any atom is 0.139 e. The summed E-state index contributed by atoms with van der Waals surface area (Å²) in [4.78, 5) is 3.26. The van der Waals surface area contributed by atoms with Crippen LogP contribution >= 0.6 is 0 Å². The molecule has 0 aliphatic rings. The zero-order chi connectivity index (χ0) is 11.3. The van der Waals surface area contributed by atoms with Gasteiger partial charge in [0.2, 0.25) is 0 Å². The number of phenolic OH excluding ortho intramolecular Hbond substituents is 1. The van der Waals surface area contributed by atoms with Crippen LogP contribution in [0.15, 0.2) is 30.3 Å². The highest BCUT2D eigenvalue weighted by atomic mass is 16.3. The number of aryl methyl sites for hydroxylation is 2. The molecule has 2 nitrogen and oxygen atoms in total. The second-order valence-electron chi connectivity index (χ2n) is 4.26. The molecule has 0 radical (unpaired) electrons. The predicted octanol–water partition coefficient (Wildman–Crippen LogP) is 3.64. The monoisotopic (exact) mass is 211 g/mol. The lowest BCUT2D eigenvalue weighted by atomic mass is 10.0. The molecule has 0 fully saturated rings. The van der Waals surface area contributed by atoms with Gasteiger partial charge in [0.15, 0.2) is 0 Å². The average Bonchev–Trinajstić information content (AvgIpc) is 2.66. The number of hydrogen-bond acceptors (Lipinski definition) is 1. The van der Waals surface area contributed by atoms with Crippen molar-refractivity contribution in [2.45, 2.75) is 13.8 Å². The van der Waals surface area contributed by atoms with Gasteiger partial charge in [0.1, 0.15) is 5.75 Å². The van der Waals surface area contributed by atoms with Crippen LogP contribution in [0.4, 0.5) is 0 Å². The Kier molecular flexibility index (Phi) is 1.75. The highest BCUT2D eigenvalue weighted by molar-refractivity contribution is 6.11. The van der Waals surface area contributed by atoms with Gasteiger partial charge in [-0.2, -0.15) is 0 Å². The van der Waals surface area contributed by atoms with E-state index in [4.69, 9.17) is 0 Å². The molecular formula is C14H13NO. The molecule has 0 amide bonds. The van der Waals surface area contributed by atoms with Crippen LogP contribution in [0.25, 0.3) is 21.8 Å². The second-order valence-corrected chi connectivity index (χ2v) is 4.26. The van der Waals surface area contributed by atoms with Crippen molar-refractivity contribution in [2.75, 3.05) is 0 Å². The van der Waals surface area contributed by atoms with Crippen molar-refractivity contribution < 1.29 is 5.11 Å². The number of rotatable bonds is 0. The number of aromatic nitrogens is 1. The summed E-state index contributed by atoms with van der Waals surface area (Å²) in [7, 11) is 0. The smallest absolute Gasteiger partial charge is 0.139 e. The highest BCUT2D eigenvalue weighted by Gasteiger charge is 2.11. The molecule has 0 bridgehead atoms. The van der Waals surface area contributed by atoms with Gasteiger partial charge in [0.05, 0.1) is 5.52 Å². The van der Waals surface area contributed by atoms with Gasteiger partial charge in [-0.05, 0) is 37.1 Å². The molecule has 3 rings (SSSR count). The Hall–Kier alpha value is -1.96. The maximum absolute atomic E-state index is 9.95. The molecule has 2 aromatic carbocycles. The third kappa shape index (κ3) is 1.07. The van der Waals surface area contributed by atoms with Gasteiger partial charge in [-0.25, -0.2) is 0 Å². The van der Waals surface area contributed by atoms with Crippen LogP contribution in [-0.2, 0) is 0 Å². The summed E-state index contributed by atoms with van der Waals surface area (Å²) in [6.45, 7) is 4.12. The number of hydrogen-bond donors (Lipinski definition) is 2. The van der Waals surface area contributed by atoms with Gasteiger partial charge in [0, 0.05) is 16.3 Å². The molecule has 2 heteroatoms. The number of fused-ring (bicyclic) bond motifs is 3. The van der Waals surface area contributed by atoms with E-state index in [1.807, 2.05) is 31.2 Å². The van der Waals surface area contributed by atoms with Crippen molar-refractivity contribution in [3.63, 3.8) is 0 Å². The van der Waals surface area contributed by atoms with Crippen LogP contribution in [0, 0.1) is 13.8 Å². The fourth-order valence-electron chi connectivity index (χ4n) is 2.31. The largest absolute Gasteiger partial charge is 0.506 e. The number of nitrogens with one attached hydrogen (secondary N) is 1. The first kappa shape index (κ1) is 9.28. The van der Waals surface area contributed by atoms with Crippen molar-refractivity contribution >= 4 is 21.8 Å². The highest BCUT2D eigenvalue weighted by Crippen LogP contribution is 2.35. The normalized spacial score (nSPS) is 11.4. The quantitative estimate of drug-likeness (QED) is 0.585. The zero-order valence-electron chi connectivity index (χ0n) is 9.33. The molecule has 1 heterocycles. The predicted molar refractivity (Wildman–Crippen MR) is 66.9 cm³/mol. The molecule has 0 spiro atoms. The Bertz CT molecular complexity index is 695. The van der Waals surface area contributed by atoms with Gasteiger partial charge in [0.25, 0.3) is 0 Å². The Balaban J connectivity index is 2.66. The molecule has 80 valence electrons.